The summed E-state index contributed by atoms with van der Waals surface area (Å²) in [7, 11) is 3.30. The molecule has 85 valence electrons. The van der Waals surface area contributed by atoms with Crippen LogP contribution in [0.4, 0.5) is 0 Å². The fraction of sp³-hybridized carbons (Fsp3) is 0.500. The molecule has 0 aromatic carbocycles. The van der Waals surface area contributed by atoms with Crippen LogP contribution < -0.4 is 0 Å². The molecule has 0 N–H and O–H groups in total. The van der Waals surface area contributed by atoms with Gasteiger partial charge < -0.3 is 56.8 Å². The van der Waals surface area contributed by atoms with Crippen molar-refractivity contribution in [1.82, 2.24) is 0 Å². The Morgan fingerprint density at radius 2 is 0.812 bits per heavy atom. The first-order valence-corrected chi connectivity index (χ1v) is 2.79. The Labute approximate surface area is 120 Å². The van der Waals surface area contributed by atoms with Gasteiger partial charge in [0.1, 0.15) is 0 Å². The van der Waals surface area contributed by atoms with Crippen LogP contribution in [-0.2, 0) is 45.7 Å². The van der Waals surface area contributed by atoms with Gasteiger partial charge in [-0.1, -0.05) is 0 Å². The summed E-state index contributed by atoms with van der Waals surface area (Å²) in [5, 5.41) is 25.0. The Hall–Kier alpha value is -0.990. The van der Waals surface area contributed by atoms with Crippen LogP contribution >= 0.6 is 0 Å². The Balaban J connectivity index is -0.0000000141. The van der Waals surface area contributed by atoms with Crippen LogP contribution in [0.1, 0.15) is 0 Å². The predicted molar refractivity (Wildman–Crippen MR) is 43.6 cm³/mol. The average molecular weight is 319 g/mol. The zero-order valence-corrected chi connectivity index (χ0v) is 13.1. The average Bonchev–Trinajstić information content (AvgIpc) is 2.36. The van der Waals surface area contributed by atoms with E-state index < -0.39 is 0 Å². The van der Waals surface area contributed by atoms with Crippen molar-refractivity contribution in [2.24, 2.45) is 0 Å². The van der Waals surface area contributed by atoms with Crippen LogP contribution in [0, 0.1) is 47.3 Å². The summed E-state index contributed by atoms with van der Waals surface area (Å²) in [6.07, 6.45) is 0. The number of methoxy groups -OCH3 is 2. The molecule has 0 spiro atoms. The molecular formula is C8H10CoN4O2Zn. The van der Waals surface area contributed by atoms with Gasteiger partial charge in [0.2, 0.25) is 0 Å². The van der Waals surface area contributed by atoms with Gasteiger partial charge in [0, 0.05) is 14.2 Å². The second-order valence-corrected chi connectivity index (χ2v) is 0.986. The molecule has 6 nitrogen and oxygen atoms in total. The summed E-state index contributed by atoms with van der Waals surface area (Å²) in [5.41, 5.74) is 0. The molecule has 0 amide bonds. The summed E-state index contributed by atoms with van der Waals surface area (Å²) in [5.74, 6) is 0. The third-order valence-corrected chi connectivity index (χ3v) is 0.492. The molecule has 0 aliphatic rings. The molecule has 0 unspecified atom stereocenters. The molecule has 0 bridgehead atoms. The summed E-state index contributed by atoms with van der Waals surface area (Å²) in [6, 6.07) is 0. The Morgan fingerprint density at radius 1 is 0.688 bits per heavy atom. The van der Waals surface area contributed by atoms with Crippen LogP contribution in [0.2, 0.25) is 0 Å². The largest absolute Gasteiger partial charge is 2.00 e. The van der Waals surface area contributed by atoms with Crippen molar-refractivity contribution in [2.75, 3.05) is 27.4 Å². The fourth-order valence-electron chi connectivity index (χ4n) is 0.167. The van der Waals surface area contributed by atoms with E-state index in [1.807, 2.05) is 0 Å². The van der Waals surface area contributed by atoms with Gasteiger partial charge in [-0.2, -0.15) is 0 Å². The molecule has 0 aliphatic heterocycles. The van der Waals surface area contributed by atoms with Crippen molar-refractivity contribution >= 4 is 0 Å². The Morgan fingerprint density at radius 3 is 0.875 bits per heavy atom. The van der Waals surface area contributed by atoms with E-state index in [9.17, 15) is 0 Å². The van der Waals surface area contributed by atoms with Gasteiger partial charge >= 0.3 is 36.3 Å². The van der Waals surface area contributed by atoms with Gasteiger partial charge in [0.15, 0.2) is 0 Å². The molecule has 1 radical (unpaired) electrons. The summed E-state index contributed by atoms with van der Waals surface area (Å²) >= 11 is 0. The van der Waals surface area contributed by atoms with Gasteiger partial charge in [-0.3, -0.25) is 0 Å². The first-order chi connectivity index (χ1) is 6.91. The van der Waals surface area contributed by atoms with Gasteiger partial charge in [-0.25, -0.2) is 0 Å². The molecule has 0 atom stereocenters. The topological polar surface area (TPSA) is 114 Å². The number of ether oxygens (including phenoxy) is 2. The van der Waals surface area contributed by atoms with Crippen molar-refractivity contribution in [3.8, 4) is 0 Å². The molecule has 8 heteroatoms. The smallest absolute Gasteiger partial charge is 0.512 e. The molecule has 0 aromatic heterocycles. The van der Waals surface area contributed by atoms with Gasteiger partial charge in [-0.05, 0) is 0 Å². The van der Waals surface area contributed by atoms with E-state index in [1.54, 1.807) is 14.2 Å². The van der Waals surface area contributed by atoms with Gasteiger partial charge in [-0.15, -0.1) is 0 Å². The van der Waals surface area contributed by atoms with E-state index in [0.29, 0.717) is 13.2 Å². The van der Waals surface area contributed by atoms with E-state index >= 15 is 0 Å². The quantitative estimate of drug-likeness (QED) is 0.429. The number of hydrogen-bond donors (Lipinski definition) is 0. The zero-order valence-electron chi connectivity index (χ0n) is 9.06. The SMILES string of the molecule is COCCOC.[C-]#N.[C-]#N.[C-]#N.[C-]#N.[Co+2].[Zn+2]. The van der Waals surface area contributed by atoms with Crippen molar-refractivity contribution in [1.29, 1.82) is 21.0 Å². The molecule has 0 heterocycles. The fourth-order valence-corrected chi connectivity index (χ4v) is 0.167. The Bertz CT molecular complexity index is 111. The van der Waals surface area contributed by atoms with E-state index in [-0.39, 0.29) is 36.3 Å². The maximum Gasteiger partial charge on any atom is 2.00 e. The molecule has 0 saturated carbocycles. The van der Waals surface area contributed by atoms with Crippen LogP contribution in [0.15, 0.2) is 0 Å². The minimum absolute atomic E-state index is 0. The number of rotatable bonds is 3. The van der Waals surface area contributed by atoms with Crippen molar-refractivity contribution in [2.45, 2.75) is 0 Å². The van der Waals surface area contributed by atoms with Gasteiger partial charge in [0.25, 0.3) is 0 Å². The normalized spacial score (nSPS) is 3.88. The maximum absolute atomic E-state index is 6.25. The molecule has 0 aliphatic carbocycles. The Kier molecular flexibility index (Phi) is 751. The summed E-state index contributed by atoms with van der Waals surface area (Å²) in [6.45, 7) is 20.4. The minimum atomic E-state index is 0. The van der Waals surface area contributed by atoms with E-state index in [2.05, 4.69) is 9.47 Å². The minimum Gasteiger partial charge on any atom is -0.512 e. The maximum atomic E-state index is 6.25. The molecular weight excluding hydrogens is 308 g/mol. The molecule has 0 fully saturated rings. The van der Waals surface area contributed by atoms with Crippen molar-refractivity contribution in [3.63, 3.8) is 0 Å². The molecule has 0 aromatic rings. The third kappa shape index (κ3) is 465. The van der Waals surface area contributed by atoms with E-state index in [1.165, 1.54) is 0 Å². The molecule has 0 rings (SSSR count). The standard InChI is InChI=1S/C4H10O2.4CN.Co.Zn/c1-5-3-4-6-2;4*1-2;;/h3-4H2,1-2H3;;;;;;/q;4*-1;2*+2. The van der Waals surface area contributed by atoms with Crippen LogP contribution in [0.3, 0.4) is 0 Å². The first kappa shape index (κ1) is 45.9. The van der Waals surface area contributed by atoms with Crippen molar-refractivity contribution < 1.29 is 45.7 Å². The van der Waals surface area contributed by atoms with E-state index in [0.717, 1.165) is 0 Å². The predicted octanol–water partition coefficient (Wildman–Crippen LogP) is 0.660. The van der Waals surface area contributed by atoms with Crippen LogP contribution in [-0.4, -0.2) is 27.4 Å². The van der Waals surface area contributed by atoms with Crippen LogP contribution in [0.25, 0.3) is 0 Å². The third-order valence-electron chi connectivity index (χ3n) is 0.492. The second kappa shape index (κ2) is 262. The van der Waals surface area contributed by atoms with Crippen molar-refractivity contribution in [3.05, 3.63) is 26.3 Å². The van der Waals surface area contributed by atoms with Crippen LogP contribution in [0.5, 0.6) is 0 Å². The number of nitrogens with zero attached hydrogens (tertiary/aromatic N) is 4. The van der Waals surface area contributed by atoms with Gasteiger partial charge in [0.05, 0.1) is 13.2 Å². The monoisotopic (exact) mass is 317 g/mol. The first-order valence-electron chi connectivity index (χ1n) is 2.79. The molecule has 0 saturated heterocycles. The summed E-state index contributed by atoms with van der Waals surface area (Å²) in [4.78, 5) is 0. The van der Waals surface area contributed by atoms with E-state index in [4.69, 9.17) is 47.3 Å². The summed E-state index contributed by atoms with van der Waals surface area (Å²) < 4.78 is 9.31. The second-order valence-electron chi connectivity index (χ2n) is 0.986. The molecule has 16 heavy (non-hydrogen) atoms. The number of hydrogen-bond acceptors (Lipinski definition) is 6. The zero-order chi connectivity index (χ0) is 12.8.